The van der Waals surface area contributed by atoms with Gasteiger partial charge >= 0.3 is 0 Å². The summed E-state index contributed by atoms with van der Waals surface area (Å²) in [6.07, 6.45) is 2.21. The lowest BCUT2D eigenvalue weighted by Gasteiger charge is -1.81. The molecule has 1 aromatic heterocycles. The van der Waals surface area contributed by atoms with E-state index in [4.69, 9.17) is 10.9 Å². The molecule has 0 atom stereocenters. The minimum absolute atomic E-state index is 0.0532. The number of carbonyl (C=O) groups is 1. The predicted molar refractivity (Wildman–Crippen MR) is 27.9 cm³/mol. The highest BCUT2D eigenvalue weighted by Gasteiger charge is 2.01. The van der Waals surface area contributed by atoms with E-state index in [1.807, 2.05) is 0 Å². The molecule has 0 radical (unpaired) electrons. The standard InChI is InChI=1S/C4H5N3O2/c5-4(8)3-1-7(9)2-6-3/h1-2,9H,(H2,5,8). The Balaban J connectivity index is 2.98. The summed E-state index contributed by atoms with van der Waals surface area (Å²) in [5, 5.41) is 8.55. The van der Waals surface area contributed by atoms with Crippen molar-refractivity contribution in [2.45, 2.75) is 0 Å². The average Bonchev–Trinajstić information content (AvgIpc) is 2.14. The van der Waals surface area contributed by atoms with Crippen molar-refractivity contribution in [3.8, 4) is 0 Å². The van der Waals surface area contributed by atoms with E-state index < -0.39 is 5.91 Å². The molecule has 0 bridgehead atoms. The lowest BCUT2D eigenvalue weighted by molar-refractivity contribution is 0.0994. The largest absolute Gasteiger partial charge is 0.427 e. The monoisotopic (exact) mass is 127 g/mol. The fourth-order valence-corrected chi connectivity index (χ4v) is 0.441. The first kappa shape index (κ1) is 5.61. The van der Waals surface area contributed by atoms with E-state index in [2.05, 4.69) is 4.98 Å². The molecule has 1 aromatic rings. The minimum atomic E-state index is -0.650. The maximum absolute atomic E-state index is 10.2. The zero-order valence-corrected chi connectivity index (χ0v) is 4.48. The van der Waals surface area contributed by atoms with Gasteiger partial charge in [-0.05, 0) is 0 Å². The number of nitrogens with two attached hydrogens (primary N) is 1. The summed E-state index contributed by atoms with van der Waals surface area (Å²) in [5.74, 6) is -0.650. The maximum Gasteiger partial charge on any atom is 0.269 e. The van der Waals surface area contributed by atoms with Crippen molar-refractivity contribution in [3.05, 3.63) is 18.2 Å². The zero-order valence-electron chi connectivity index (χ0n) is 4.48. The summed E-state index contributed by atoms with van der Waals surface area (Å²) in [6.45, 7) is 0. The Morgan fingerprint density at radius 3 is 2.78 bits per heavy atom. The smallest absolute Gasteiger partial charge is 0.269 e. The predicted octanol–water partition coefficient (Wildman–Crippen LogP) is -0.781. The molecule has 0 aliphatic rings. The Morgan fingerprint density at radius 1 is 1.89 bits per heavy atom. The summed E-state index contributed by atoms with van der Waals surface area (Å²) < 4.78 is 0.667. The third kappa shape index (κ3) is 0.987. The zero-order chi connectivity index (χ0) is 6.85. The SMILES string of the molecule is NC(=O)c1cn(O)cn1. The molecule has 9 heavy (non-hydrogen) atoms. The maximum atomic E-state index is 10.2. The second kappa shape index (κ2) is 1.77. The Hall–Kier alpha value is -1.52. The van der Waals surface area contributed by atoms with Crippen molar-refractivity contribution in [3.63, 3.8) is 0 Å². The number of hydrogen-bond acceptors (Lipinski definition) is 3. The van der Waals surface area contributed by atoms with Gasteiger partial charge in [-0.2, -0.15) is 4.73 Å². The first-order valence-corrected chi connectivity index (χ1v) is 2.23. The normalized spacial score (nSPS) is 9.33. The van der Waals surface area contributed by atoms with Gasteiger partial charge in [0.25, 0.3) is 5.91 Å². The van der Waals surface area contributed by atoms with E-state index in [1.54, 1.807) is 0 Å². The highest BCUT2D eigenvalue weighted by Crippen LogP contribution is 1.89. The number of carbonyl (C=O) groups excluding carboxylic acids is 1. The number of primary amides is 1. The number of hydrogen-bond donors (Lipinski definition) is 2. The second-order valence-electron chi connectivity index (χ2n) is 1.50. The first-order valence-electron chi connectivity index (χ1n) is 2.23. The van der Waals surface area contributed by atoms with Crippen LogP contribution in [0.3, 0.4) is 0 Å². The summed E-state index contributed by atoms with van der Waals surface area (Å²) >= 11 is 0. The number of aromatic nitrogens is 2. The molecule has 0 aliphatic heterocycles. The molecule has 48 valence electrons. The van der Waals surface area contributed by atoms with E-state index in [0.717, 1.165) is 12.5 Å². The van der Waals surface area contributed by atoms with Crippen LogP contribution >= 0.6 is 0 Å². The Bertz CT molecular complexity index is 229. The van der Waals surface area contributed by atoms with Crippen molar-refractivity contribution < 1.29 is 10.0 Å². The fourth-order valence-electron chi connectivity index (χ4n) is 0.441. The molecule has 3 N–H and O–H groups in total. The van der Waals surface area contributed by atoms with Crippen LogP contribution in [0.4, 0.5) is 0 Å². The van der Waals surface area contributed by atoms with E-state index in [1.165, 1.54) is 0 Å². The molecule has 0 saturated carbocycles. The van der Waals surface area contributed by atoms with Crippen LogP contribution in [0.5, 0.6) is 0 Å². The first-order chi connectivity index (χ1) is 4.20. The van der Waals surface area contributed by atoms with Crippen molar-refractivity contribution in [1.29, 1.82) is 0 Å². The van der Waals surface area contributed by atoms with Crippen LogP contribution < -0.4 is 5.73 Å². The van der Waals surface area contributed by atoms with E-state index >= 15 is 0 Å². The molecule has 1 amide bonds. The molecular formula is C4H5N3O2. The third-order valence-corrected chi connectivity index (χ3v) is 0.822. The number of rotatable bonds is 1. The molecule has 5 nitrogen and oxygen atoms in total. The molecule has 0 spiro atoms. The highest BCUT2D eigenvalue weighted by atomic mass is 16.5. The van der Waals surface area contributed by atoms with Gasteiger partial charge in [-0.25, -0.2) is 4.98 Å². The molecule has 5 heteroatoms. The number of amides is 1. The van der Waals surface area contributed by atoms with Crippen LogP contribution in [0.2, 0.25) is 0 Å². The van der Waals surface area contributed by atoms with Crippen molar-refractivity contribution in [2.75, 3.05) is 0 Å². The molecule has 0 aromatic carbocycles. The minimum Gasteiger partial charge on any atom is -0.427 e. The van der Waals surface area contributed by atoms with Gasteiger partial charge in [-0.15, -0.1) is 0 Å². The molecule has 0 saturated heterocycles. The Morgan fingerprint density at radius 2 is 2.56 bits per heavy atom. The topological polar surface area (TPSA) is 81.1 Å². The van der Waals surface area contributed by atoms with Gasteiger partial charge in [-0.3, -0.25) is 4.79 Å². The summed E-state index contributed by atoms with van der Waals surface area (Å²) in [7, 11) is 0. The van der Waals surface area contributed by atoms with Gasteiger partial charge in [0.1, 0.15) is 12.0 Å². The van der Waals surface area contributed by atoms with Crippen molar-refractivity contribution >= 4 is 5.91 Å². The van der Waals surface area contributed by atoms with E-state index in [-0.39, 0.29) is 5.69 Å². The van der Waals surface area contributed by atoms with Crippen LogP contribution in [-0.4, -0.2) is 20.8 Å². The quantitative estimate of drug-likeness (QED) is 0.485. The number of nitrogens with zero attached hydrogens (tertiary/aromatic N) is 2. The van der Waals surface area contributed by atoms with Crippen LogP contribution in [0.1, 0.15) is 10.5 Å². The fraction of sp³-hybridized carbons (Fsp3) is 0. The van der Waals surface area contributed by atoms with Gasteiger partial charge in [-0.1, -0.05) is 0 Å². The summed E-state index contributed by atoms with van der Waals surface area (Å²) in [4.78, 5) is 13.7. The summed E-state index contributed by atoms with van der Waals surface area (Å²) in [5.41, 5.74) is 4.85. The highest BCUT2D eigenvalue weighted by molar-refractivity contribution is 5.90. The molecule has 0 unspecified atom stereocenters. The second-order valence-corrected chi connectivity index (χ2v) is 1.50. The third-order valence-electron chi connectivity index (χ3n) is 0.822. The van der Waals surface area contributed by atoms with Crippen molar-refractivity contribution in [2.24, 2.45) is 5.73 Å². The van der Waals surface area contributed by atoms with Crippen LogP contribution in [0, 0.1) is 0 Å². The molecule has 0 aliphatic carbocycles. The van der Waals surface area contributed by atoms with Gasteiger partial charge in [0.2, 0.25) is 0 Å². The van der Waals surface area contributed by atoms with Crippen LogP contribution in [-0.2, 0) is 0 Å². The molecule has 1 rings (SSSR count). The molecule has 1 heterocycles. The van der Waals surface area contributed by atoms with Gasteiger partial charge in [0, 0.05) is 0 Å². The Labute approximate surface area is 50.7 Å². The number of imidazole rings is 1. The van der Waals surface area contributed by atoms with Gasteiger partial charge in [0.15, 0.2) is 0 Å². The van der Waals surface area contributed by atoms with Crippen LogP contribution in [0.25, 0.3) is 0 Å². The van der Waals surface area contributed by atoms with Crippen LogP contribution in [0.15, 0.2) is 12.5 Å². The molecule has 0 fully saturated rings. The summed E-state index contributed by atoms with van der Waals surface area (Å²) in [6, 6.07) is 0. The molecular weight excluding hydrogens is 122 g/mol. The van der Waals surface area contributed by atoms with E-state index in [9.17, 15) is 4.79 Å². The van der Waals surface area contributed by atoms with Gasteiger partial charge in [0.05, 0.1) is 6.20 Å². The Kier molecular flexibility index (Phi) is 1.11. The average molecular weight is 127 g/mol. The van der Waals surface area contributed by atoms with Crippen molar-refractivity contribution in [1.82, 2.24) is 9.71 Å². The lowest BCUT2D eigenvalue weighted by Crippen LogP contribution is -2.10. The van der Waals surface area contributed by atoms with Gasteiger partial charge < -0.3 is 10.9 Å². The lowest BCUT2D eigenvalue weighted by atomic mass is 10.5. The van der Waals surface area contributed by atoms with E-state index in [0.29, 0.717) is 4.73 Å².